The molecule has 31 heavy (non-hydrogen) atoms. The van der Waals surface area contributed by atoms with Crippen molar-refractivity contribution < 1.29 is 24.0 Å². The molecule has 0 aromatic heterocycles. The predicted octanol–water partition coefficient (Wildman–Crippen LogP) is 1.50. The Morgan fingerprint density at radius 3 is 2.71 bits per heavy atom. The van der Waals surface area contributed by atoms with Gasteiger partial charge in [-0.3, -0.25) is 34.2 Å². The molecule has 0 aliphatic carbocycles. The second kappa shape index (κ2) is 9.86. The summed E-state index contributed by atoms with van der Waals surface area (Å²) in [7, 11) is 0. The molecule has 162 valence electrons. The highest BCUT2D eigenvalue weighted by molar-refractivity contribution is 6.15. The Bertz CT molecular complexity index is 971. The molecule has 1 aromatic carbocycles. The van der Waals surface area contributed by atoms with Crippen molar-refractivity contribution >= 4 is 29.5 Å². The number of nitrogens with zero attached hydrogens (tertiary/aromatic N) is 4. The first-order valence-corrected chi connectivity index (χ1v) is 10.0. The molecule has 11 heteroatoms. The van der Waals surface area contributed by atoms with E-state index in [2.05, 4.69) is 20.7 Å². The third kappa shape index (κ3) is 4.89. The lowest BCUT2D eigenvalue weighted by Gasteiger charge is -2.38. The minimum absolute atomic E-state index is 0.0159. The highest BCUT2D eigenvalue weighted by Crippen LogP contribution is 2.30. The van der Waals surface area contributed by atoms with Crippen LogP contribution in [0.15, 0.2) is 29.4 Å². The van der Waals surface area contributed by atoms with Crippen LogP contribution in [0.2, 0.25) is 0 Å². The van der Waals surface area contributed by atoms with Crippen LogP contribution >= 0.6 is 0 Å². The molecule has 2 N–H and O–H groups in total. The van der Waals surface area contributed by atoms with Crippen molar-refractivity contribution in [3.63, 3.8) is 0 Å². The summed E-state index contributed by atoms with van der Waals surface area (Å²) in [6, 6.07) is 4.23. The number of fused-ring (bicyclic) bond motifs is 1. The number of nitrogens with one attached hydrogen (secondary N) is 2. The van der Waals surface area contributed by atoms with Gasteiger partial charge in [-0.1, -0.05) is 29.7 Å². The minimum atomic E-state index is -1.11. The van der Waals surface area contributed by atoms with Crippen LogP contribution in [0, 0.1) is 0 Å². The average Bonchev–Trinajstić information content (AvgIpc) is 2.75. The van der Waals surface area contributed by atoms with Gasteiger partial charge in [0.2, 0.25) is 17.7 Å². The molecule has 0 radical (unpaired) electrons. The SMILES string of the molecule is [N-]=[N+]=NCCCCCC(=O)NC1C(=O)N(C2CCC(=O)NC2=O)C(=O)c2ccccc21. The van der Waals surface area contributed by atoms with Gasteiger partial charge in [0.05, 0.1) is 0 Å². The topological polar surface area (TPSA) is 161 Å². The largest absolute Gasteiger partial charge is 0.340 e. The molecule has 0 spiro atoms. The first-order chi connectivity index (χ1) is 14.9. The summed E-state index contributed by atoms with van der Waals surface area (Å²) < 4.78 is 0. The van der Waals surface area contributed by atoms with Crippen LogP contribution in [0.1, 0.15) is 60.5 Å². The van der Waals surface area contributed by atoms with Gasteiger partial charge in [0.25, 0.3) is 11.8 Å². The third-order valence-electron chi connectivity index (χ3n) is 5.26. The van der Waals surface area contributed by atoms with Crippen molar-refractivity contribution in [3.05, 3.63) is 45.8 Å². The number of carbonyl (C=O) groups is 5. The summed E-state index contributed by atoms with van der Waals surface area (Å²) in [5, 5.41) is 8.26. The molecule has 0 saturated carbocycles. The Morgan fingerprint density at radius 1 is 1.19 bits per heavy atom. The molecule has 0 bridgehead atoms. The van der Waals surface area contributed by atoms with Crippen LogP contribution in [0.3, 0.4) is 0 Å². The fourth-order valence-electron chi connectivity index (χ4n) is 3.73. The van der Waals surface area contributed by atoms with Crippen molar-refractivity contribution in [2.45, 2.75) is 50.6 Å². The zero-order valence-corrected chi connectivity index (χ0v) is 16.7. The van der Waals surface area contributed by atoms with E-state index in [0.29, 0.717) is 31.4 Å². The predicted molar refractivity (Wildman–Crippen MR) is 107 cm³/mol. The molecule has 5 amide bonds. The molecule has 11 nitrogen and oxygen atoms in total. The van der Waals surface area contributed by atoms with Crippen molar-refractivity contribution in [3.8, 4) is 0 Å². The van der Waals surface area contributed by atoms with E-state index in [1.54, 1.807) is 18.2 Å². The number of rotatable bonds is 8. The molecule has 2 heterocycles. The number of azide groups is 1. The number of hydrogen-bond acceptors (Lipinski definition) is 6. The maximum absolute atomic E-state index is 13.2. The summed E-state index contributed by atoms with van der Waals surface area (Å²) in [5.41, 5.74) is 8.86. The minimum Gasteiger partial charge on any atom is -0.340 e. The summed E-state index contributed by atoms with van der Waals surface area (Å²) >= 11 is 0. The van der Waals surface area contributed by atoms with Gasteiger partial charge in [0, 0.05) is 29.9 Å². The standard InChI is InChI=1S/C20H22N6O5/c21-25-22-11-5-1-2-8-15(27)23-17-12-6-3-4-7-13(12)19(30)26(20(17)31)14-9-10-16(28)24-18(14)29/h3-4,6-7,14,17H,1-2,5,8-11H2,(H,23,27)(H,24,28,29). The summed E-state index contributed by atoms with van der Waals surface area (Å²) in [5.74, 6) is -2.85. The molecule has 1 saturated heterocycles. The van der Waals surface area contributed by atoms with Crippen LogP contribution < -0.4 is 10.6 Å². The number of amides is 5. The van der Waals surface area contributed by atoms with Gasteiger partial charge >= 0.3 is 0 Å². The van der Waals surface area contributed by atoms with E-state index in [1.165, 1.54) is 6.07 Å². The van der Waals surface area contributed by atoms with E-state index in [4.69, 9.17) is 5.53 Å². The number of unbranched alkanes of at least 4 members (excludes halogenated alkanes) is 2. The van der Waals surface area contributed by atoms with Crippen LogP contribution in [-0.2, 0) is 19.2 Å². The van der Waals surface area contributed by atoms with Crippen molar-refractivity contribution in [1.82, 2.24) is 15.5 Å². The van der Waals surface area contributed by atoms with Gasteiger partial charge in [-0.25, -0.2) is 0 Å². The summed E-state index contributed by atoms with van der Waals surface area (Å²) in [6.07, 6.45) is 2.10. The molecule has 1 fully saturated rings. The van der Waals surface area contributed by atoms with Gasteiger partial charge in [-0.05, 0) is 36.4 Å². The molecule has 2 unspecified atom stereocenters. The normalized spacial score (nSPS) is 20.6. The van der Waals surface area contributed by atoms with Crippen LogP contribution in [0.25, 0.3) is 10.4 Å². The van der Waals surface area contributed by atoms with Crippen molar-refractivity contribution in [2.24, 2.45) is 5.11 Å². The number of benzene rings is 1. The first-order valence-electron chi connectivity index (χ1n) is 10.0. The van der Waals surface area contributed by atoms with Crippen LogP contribution in [0.5, 0.6) is 0 Å². The molecule has 2 aliphatic rings. The smallest absolute Gasteiger partial charge is 0.261 e. The maximum atomic E-state index is 13.2. The quantitative estimate of drug-likeness (QED) is 0.211. The number of piperidine rings is 1. The maximum Gasteiger partial charge on any atom is 0.261 e. The van der Waals surface area contributed by atoms with E-state index in [9.17, 15) is 24.0 Å². The third-order valence-corrected chi connectivity index (χ3v) is 5.26. The van der Waals surface area contributed by atoms with E-state index < -0.39 is 35.7 Å². The monoisotopic (exact) mass is 426 g/mol. The number of imide groups is 2. The molecule has 2 atom stereocenters. The molecule has 2 aliphatic heterocycles. The van der Waals surface area contributed by atoms with Gasteiger partial charge in [-0.15, -0.1) is 0 Å². The Morgan fingerprint density at radius 2 is 1.97 bits per heavy atom. The van der Waals surface area contributed by atoms with Crippen molar-refractivity contribution in [1.29, 1.82) is 0 Å². The van der Waals surface area contributed by atoms with Gasteiger partial charge in [0.1, 0.15) is 12.1 Å². The lowest BCUT2D eigenvalue weighted by molar-refractivity contribution is -0.145. The molecular weight excluding hydrogens is 404 g/mol. The Kier molecular flexibility index (Phi) is 6.99. The number of hydrogen-bond donors (Lipinski definition) is 2. The average molecular weight is 426 g/mol. The molecule has 3 rings (SSSR count). The Balaban J connectivity index is 1.75. The van der Waals surface area contributed by atoms with E-state index in [-0.39, 0.29) is 30.7 Å². The van der Waals surface area contributed by atoms with E-state index in [0.717, 1.165) is 4.90 Å². The van der Waals surface area contributed by atoms with E-state index >= 15 is 0 Å². The van der Waals surface area contributed by atoms with Gasteiger partial charge in [0.15, 0.2) is 0 Å². The second-order valence-corrected chi connectivity index (χ2v) is 7.33. The molecular formula is C20H22N6O5. The highest BCUT2D eigenvalue weighted by Gasteiger charge is 2.46. The summed E-state index contributed by atoms with van der Waals surface area (Å²) in [6.45, 7) is 0.357. The van der Waals surface area contributed by atoms with Crippen LogP contribution in [0.4, 0.5) is 0 Å². The van der Waals surface area contributed by atoms with Gasteiger partial charge < -0.3 is 5.32 Å². The fraction of sp³-hybridized carbons (Fsp3) is 0.450. The second-order valence-electron chi connectivity index (χ2n) is 7.33. The summed E-state index contributed by atoms with van der Waals surface area (Å²) in [4.78, 5) is 65.9. The fourth-order valence-corrected chi connectivity index (χ4v) is 3.73. The lowest BCUT2D eigenvalue weighted by atomic mass is 9.91. The zero-order valence-electron chi connectivity index (χ0n) is 16.7. The highest BCUT2D eigenvalue weighted by atomic mass is 16.2. The lowest BCUT2D eigenvalue weighted by Crippen LogP contribution is -2.60. The zero-order chi connectivity index (χ0) is 22.4. The van der Waals surface area contributed by atoms with Crippen LogP contribution in [-0.4, -0.2) is 47.0 Å². The van der Waals surface area contributed by atoms with Crippen molar-refractivity contribution in [2.75, 3.05) is 6.54 Å². The molecule has 1 aromatic rings. The van der Waals surface area contributed by atoms with E-state index in [1.807, 2.05) is 0 Å². The first kappa shape index (κ1) is 22.0. The Hall–Kier alpha value is -3.72. The Labute approximate surface area is 177 Å². The van der Waals surface area contributed by atoms with Gasteiger partial charge in [-0.2, -0.15) is 0 Å². The number of carbonyl (C=O) groups excluding carboxylic acids is 5.